The molecule has 3 aromatic rings. The molecule has 10 heteroatoms. The molecule has 1 fully saturated rings. The summed E-state index contributed by atoms with van der Waals surface area (Å²) in [5.74, 6) is -0.976. The van der Waals surface area contributed by atoms with Gasteiger partial charge in [-0.05, 0) is 92.7 Å². The monoisotopic (exact) mass is 797 g/mol. The van der Waals surface area contributed by atoms with Crippen LogP contribution in [0.25, 0.3) is 28.1 Å². The van der Waals surface area contributed by atoms with Gasteiger partial charge in [-0.25, -0.2) is 4.39 Å². The minimum absolute atomic E-state index is 0.0565. The quantitative estimate of drug-likeness (QED) is 0.115. The Balaban J connectivity index is 1.05. The molecule has 0 saturated carbocycles. The Morgan fingerprint density at radius 1 is 1.02 bits per heavy atom. The van der Waals surface area contributed by atoms with Crippen LogP contribution in [-0.4, -0.2) is 63.2 Å². The number of halogens is 1. The third-order valence-electron chi connectivity index (χ3n) is 12.2. The molecular formula is C48H60FNO8. The number of carbonyl (C=O) groups is 3. The normalized spacial score (nSPS) is 26.2. The molecule has 1 saturated heterocycles. The van der Waals surface area contributed by atoms with Gasteiger partial charge in [0.15, 0.2) is 0 Å². The Hall–Kier alpha value is -4.54. The SMILES string of the molecule is CC[C@@H](C)C(=O)O[C@H]1C[C@H](C)C=C2C=C[C@@H](C)[C@@H](CCC3C[C@@H](OC(=O)C[C@@H](O)C[C@@H](O)C=Cc4c(-c5ccc(F)cc5)c5ccccc5n4C(C)C)CC(=O)O3)[C@@H]21. The molecule has 10 atom stereocenters. The number of aliphatic hydroxyl groups excluding tert-OH is 2. The second-order valence-electron chi connectivity index (χ2n) is 17.1. The van der Waals surface area contributed by atoms with Crippen LogP contribution < -0.4 is 0 Å². The first-order chi connectivity index (χ1) is 27.7. The van der Waals surface area contributed by atoms with Crippen LogP contribution in [-0.2, 0) is 28.6 Å². The van der Waals surface area contributed by atoms with Crippen molar-refractivity contribution in [2.45, 2.75) is 129 Å². The number of rotatable bonds is 15. The summed E-state index contributed by atoms with van der Waals surface area (Å²) < 4.78 is 33.6. The molecule has 9 nitrogen and oxygen atoms in total. The second kappa shape index (κ2) is 19.0. The standard InChI is InChI=1S/C48H60FNO8/c1-7-30(5)48(55)58-43-23-29(4)22-33-13-12-31(6)39(47(33)43)20-19-37-26-38(27-45(54)56-37)57-44(53)25-36(52)24-35(51)18-21-42-46(32-14-16-34(49)17-15-32)40-10-8-9-11-41(40)50(42)28(2)3/h8-18,21-22,28-31,35-39,43,47,51-52H,7,19-20,23-27H2,1-6H3/t29-,30-,31-,35+,36+,37?,38-,39-,43+,47-/m1/s1. The fraction of sp³-hybridized carbons (Fsp3) is 0.521. The van der Waals surface area contributed by atoms with Crippen LogP contribution in [0.5, 0.6) is 0 Å². The van der Waals surface area contributed by atoms with Crippen molar-refractivity contribution in [2.75, 3.05) is 0 Å². The van der Waals surface area contributed by atoms with Crippen molar-refractivity contribution in [3.05, 3.63) is 89.9 Å². The van der Waals surface area contributed by atoms with Gasteiger partial charge in [-0.15, -0.1) is 0 Å². The minimum Gasteiger partial charge on any atom is -0.462 e. The van der Waals surface area contributed by atoms with Crippen LogP contribution in [0.1, 0.15) is 105 Å². The summed E-state index contributed by atoms with van der Waals surface area (Å²) in [6, 6.07) is 14.4. The van der Waals surface area contributed by atoms with Crippen molar-refractivity contribution in [1.29, 1.82) is 0 Å². The maximum atomic E-state index is 13.9. The first kappa shape index (κ1) is 43.0. The topological polar surface area (TPSA) is 124 Å². The Morgan fingerprint density at radius 3 is 2.48 bits per heavy atom. The van der Waals surface area contributed by atoms with Gasteiger partial charge in [0.05, 0.1) is 31.0 Å². The van der Waals surface area contributed by atoms with Crippen LogP contribution >= 0.6 is 0 Å². The highest BCUT2D eigenvalue weighted by atomic mass is 19.1. The summed E-state index contributed by atoms with van der Waals surface area (Å²) in [4.78, 5) is 38.7. The third-order valence-corrected chi connectivity index (χ3v) is 12.2. The van der Waals surface area contributed by atoms with Crippen molar-refractivity contribution in [1.82, 2.24) is 4.57 Å². The van der Waals surface area contributed by atoms with Crippen LogP contribution in [0, 0.1) is 35.4 Å². The van der Waals surface area contributed by atoms with E-state index in [1.807, 2.05) is 44.2 Å². The van der Waals surface area contributed by atoms with Gasteiger partial charge in [0.25, 0.3) is 0 Å². The van der Waals surface area contributed by atoms with Crippen molar-refractivity contribution < 1.29 is 43.2 Å². The molecule has 1 aliphatic heterocycles. The first-order valence-electron chi connectivity index (χ1n) is 21.1. The van der Waals surface area contributed by atoms with E-state index in [9.17, 15) is 29.0 Å². The number of fused-ring (bicyclic) bond motifs is 2. The van der Waals surface area contributed by atoms with E-state index >= 15 is 0 Å². The molecule has 0 radical (unpaired) electrons. The zero-order valence-electron chi connectivity index (χ0n) is 34.7. The highest BCUT2D eigenvalue weighted by Gasteiger charge is 2.42. The number of aromatic nitrogens is 1. The number of esters is 3. The van der Waals surface area contributed by atoms with E-state index in [1.54, 1.807) is 18.2 Å². The van der Waals surface area contributed by atoms with Crippen molar-refractivity contribution in [2.24, 2.45) is 29.6 Å². The lowest BCUT2D eigenvalue weighted by Gasteiger charge is -2.43. The molecule has 0 amide bonds. The summed E-state index contributed by atoms with van der Waals surface area (Å²) in [6.45, 7) is 12.4. The number of cyclic esters (lactones) is 1. The summed E-state index contributed by atoms with van der Waals surface area (Å²) in [5, 5.41) is 22.8. The van der Waals surface area contributed by atoms with Crippen molar-refractivity contribution >= 4 is 34.9 Å². The lowest BCUT2D eigenvalue weighted by Crippen LogP contribution is -2.42. The molecular weight excluding hydrogens is 738 g/mol. The molecule has 2 aromatic carbocycles. The Morgan fingerprint density at radius 2 is 1.76 bits per heavy atom. The summed E-state index contributed by atoms with van der Waals surface area (Å²) in [5.41, 5.74) is 4.77. The number of allylic oxidation sites excluding steroid dienone is 3. The third kappa shape index (κ3) is 10.2. The molecule has 2 N–H and O–H groups in total. The summed E-state index contributed by atoms with van der Waals surface area (Å²) in [7, 11) is 0. The predicted molar refractivity (Wildman–Crippen MR) is 223 cm³/mol. The smallest absolute Gasteiger partial charge is 0.309 e. The minimum atomic E-state index is -1.19. The molecule has 58 heavy (non-hydrogen) atoms. The molecule has 0 bridgehead atoms. The first-order valence-corrected chi connectivity index (χ1v) is 21.1. The van der Waals surface area contributed by atoms with Gasteiger partial charge >= 0.3 is 17.9 Å². The number of aliphatic hydroxyl groups is 2. The summed E-state index contributed by atoms with van der Waals surface area (Å²) >= 11 is 0. The van der Waals surface area contributed by atoms with E-state index < -0.39 is 36.4 Å². The number of benzene rings is 2. The molecule has 2 heterocycles. The fourth-order valence-corrected chi connectivity index (χ4v) is 9.14. The van der Waals surface area contributed by atoms with Gasteiger partial charge in [-0.2, -0.15) is 0 Å². The van der Waals surface area contributed by atoms with Gasteiger partial charge < -0.3 is 29.0 Å². The fourth-order valence-electron chi connectivity index (χ4n) is 9.14. The van der Waals surface area contributed by atoms with Crippen LogP contribution in [0.2, 0.25) is 0 Å². The van der Waals surface area contributed by atoms with Gasteiger partial charge in [0, 0.05) is 47.0 Å². The molecule has 6 rings (SSSR count). The van der Waals surface area contributed by atoms with E-state index in [1.165, 1.54) is 17.7 Å². The number of carbonyl (C=O) groups excluding carboxylic acids is 3. The molecule has 0 spiro atoms. The molecule has 312 valence electrons. The van der Waals surface area contributed by atoms with Gasteiger partial charge in [0.2, 0.25) is 0 Å². The van der Waals surface area contributed by atoms with Gasteiger partial charge in [0.1, 0.15) is 24.1 Å². The maximum absolute atomic E-state index is 13.9. The molecule has 3 aliphatic rings. The highest BCUT2D eigenvalue weighted by Crippen LogP contribution is 2.45. The van der Waals surface area contributed by atoms with E-state index in [4.69, 9.17) is 14.2 Å². The number of hydrogen-bond acceptors (Lipinski definition) is 8. The number of hydrogen-bond donors (Lipinski definition) is 2. The van der Waals surface area contributed by atoms with Gasteiger partial charge in [-0.1, -0.05) is 82.3 Å². The van der Waals surface area contributed by atoms with Crippen LogP contribution in [0.15, 0.2) is 78.4 Å². The largest absolute Gasteiger partial charge is 0.462 e. The average molecular weight is 798 g/mol. The maximum Gasteiger partial charge on any atom is 0.309 e. The second-order valence-corrected chi connectivity index (χ2v) is 17.1. The summed E-state index contributed by atoms with van der Waals surface area (Å²) in [6.07, 6.45) is 9.14. The predicted octanol–water partition coefficient (Wildman–Crippen LogP) is 9.30. The number of ether oxygens (including phenoxy) is 3. The van der Waals surface area contributed by atoms with E-state index in [2.05, 4.69) is 50.5 Å². The van der Waals surface area contributed by atoms with Crippen molar-refractivity contribution in [3.8, 4) is 11.1 Å². The molecule has 2 aliphatic carbocycles. The zero-order chi connectivity index (χ0) is 41.7. The number of para-hydroxylation sites is 1. The van der Waals surface area contributed by atoms with E-state index in [0.717, 1.165) is 47.0 Å². The van der Waals surface area contributed by atoms with Crippen LogP contribution in [0.3, 0.4) is 0 Å². The Bertz CT molecular complexity index is 2010. The number of nitrogens with zero attached hydrogens (tertiary/aromatic N) is 1. The van der Waals surface area contributed by atoms with Gasteiger partial charge in [-0.3, -0.25) is 14.4 Å². The lowest BCUT2D eigenvalue weighted by atomic mass is 9.65. The lowest BCUT2D eigenvalue weighted by molar-refractivity contribution is -0.171. The van der Waals surface area contributed by atoms with E-state index in [0.29, 0.717) is 18.8 Å². The Kier molecular flexibility index (Phi) is 14.1. The average Bonchev–Trinajstić information content (AvgIpc) is 3.50. The Labute approximate surface area is 341 Å². The molecule has 1 unspecified atom stereocenters. The van der Waals surface area contributed by atoms with E-state index in [-0.39, 0.29) is 66.9 Å². The molecule has 1 aromatic heterocycles. The highest BCUT2D eigenvalue weighted by molar-refractivity contribution is 6.01. The van der Waals surface area contributed by atoms with Crippen LogP contribution in [0.4, 0.5) is 4.39 Å². The zero-order valence-corrected chi connectivity index (χ0v) is 34.7. The van der Waals surface area contributed by atoms with Crippen molar-refractivity contribution in [3.63, 3.8) is 0 Å².